The van der Waals surface area contributed by atoms with Crippen LogP contribution in [-0.2, 0) is 0 Å². The Balaban J connectivity index is 3.21. The Bertz CT molecular complexity index is 390. The zero-order valence-electron chi connectivity index (χ0n) is 18.4. The maximum atomic E-state index is 5.49. The van der Waals surface area contributed by atoms with Crippen LogP contribution in [0.1, 0.15) is 135 Å². The minimum Gasteiger partial charge on any atom is -0.330 e. The third kappa shape index (κ3) is 25.1. The van der Waals surface area contributed by atoms with E-state index in [0.29, 0.717) is 0 Å². The Morgan fingerprint density at radius 1 is 0.444 bits per heavy atom. The summed E-state index contributed by atoms with van der Waals surface area (Å²) in [5.41, 5.74) is 5.49. The van der Waals surface area contributed by atoms with Gasteiger partial charge in [0, 0.05) is 12.8 Å². The molecule has 1 heteroatoms. The molecule has 0 aliphatic heterocycles. The minimum absolute atomic E-state index is 0.843. The summed E-state index contributed by atoms with van der Waals surface area (Å²) in [5, 5.41) is 0. The summed E-state index contributed by atoms with van der Waals surface area (Å²) in [6, 6.07) is 0. The first-order valence-corrected chi connectivity index (χ1v) is 12.1. The summed E-state index contributed by atoms with van der Waals surface area (Å²) in [7, 11) is 0. The number of unbranched alkanes of at least 4 members (excludes halogenated alkanes) is 18. The fourth-order valence-electron chi connectivity index (χ4n) is 3.33. The smallest absolute Gasteiger partial charge is 0.00989 e. The maximum Gasteiger partial charge on any atom is 0.00989 e. The zero-order valence-corrected chi connectivity index (χ0v) is 18.4. The van der Waals surface area contributed by atoms with E-state index >= 15 is 0 Å². The molecule has 0 aromatic rings. The van der Waals surface area contributed by atoms with Gasteiger partial charge in [0.15, 0.2) is 0 Å². The Morgan fingerprint density at radius 3 is 1.15 bits per heavy atom. The molecule has 0 aromatic heterocycles. The Hall–Kier alpha value is -0.920. The number of hydrogen-bond acceptors (Lipinski definition) is 1. The van der Waals surface area contributed by atoms with E-state index in [4.69, 9.17) is 5.73 Å². The lowest BCUT2D eigenvalue weighted by Gasteiger charge is -2.01. The van der Waals surface area contributed by atoms with Gasteiger partial charge in [-0.1, -0.05) is 115 Å². The lowest BCUT2D eigenvalue weighted by Crippen LogP contribution is -1.97. The molecule has 1 nitrogen and oxygen atoms in total. The van der Waals surface area contributed by atoms with Gasteiger partial charge in [0.2, 0.25) is 0 Å². The molecular formula is C26H47N. The van der Waals surface area contributed by atoms with Gasteiger partial charge in [-0.15, -0.1) is 0 Å². The van der Waals surface area contributed by atoms with Crippen LogP contribution in [0.2, 0.25) is 0 Å². The van der Waals surface area contributed by atoms with Gasteiger partial charge in [0.25, 0.3) is 0 Å². The predicted octanol–water partition coefficient (Wildman–Crippen LogP) is 7.77. The van der Waals surface area contributed by atoms with E-state index in [9.17, 15) is 0 Å². The van der Waals surface area contributed by atoms with Crippen molar-refractivity contribution >= 4 is 0 Å². The van der Waals surface area contributed by atoms with Crippen LogP contribution in [0.15, 0.2) is 0 Å². The molecule has 0 fully saturated rings. The molecule has 0 saturated heterocycles. The van der Waals surface area contributed by atoms with Crippen molar-refractivity contribution in [3.05, 3.63) is 0 Å². The first kappa shape index (κ1) is 26.1. The van der Waals surface area contributed by atoms with Crippen molar-refractivity contribution in [3.63, 3.8) is 0 Å². The summed E-state index contributed by atoms with van der Waals surface area (Å²) in [6.45, 7) is 3.13. The van der Waals surface area contributed by atoms with E-state index in [2.05, 4.69) is 30.6 Å². The average molecular weight is 374 g/mol. The molecule has 0 saturated carbocycles. The molecule has 0 spiro atoms. The van der Waals surface area contributed by atoms with Gasteiger partial charge in [0.1, 0.15) is 0 Å². The SMILES string of the molecule is CCCCCCCCCCCCCC#CC#CCCCCCCCCCN. The fraction of sp³-hybridized carbons (Fsp3) is 0.846. The molecule has 0 heterocycles. The van der Waals surface area contributed by atoms with Gasteiger partial charge in [-0.05, 0) is 37.6 Å². The van der Waals surface area contributed by atoms with Crippen LogP contribution < -0.4 is 5.73 Å². The molecule has 0 unspecified atom stereocenters. The van der Waals surface area contributed by atoms with E-state index in [-0.39, 0.29) is 0 Å². The summed E-state index contributed by atoms with van der Waals surface area (Å²) < 4.78 is 0. The van der Waals surface area contributed by atoms with Crippen molar-refractivity contribution in [1.29, 1.82) is 0 Å². The molecule has 0 radical (unpaired) electrons. The highest BCUT2D eigenvalue weighted by Gasteiger charge is 1.92. The molecule has 2 N–H and O–H groups in total. The van der Waals surface area contributed by atoms with Crippen LogP contribution in [0.5, 0.6) is 0 Å². The average Bonchev–Trinajstić information content (AvgIpc) is 2.68. The number of nitrogens with two attached hydrogens (primary N) is 1. The van der Waals surface area contributed by atoms with Gasteiger partial charge < -0.3 is 5.73 Å². The molecule has 0 amide bonds. The third-order valence-corrected chi connectivity index (χ3v) is 5.15. The summed E-state index contributed by atoms with van der Waals surface area (Å²) in [6.07, 6.45) is 26.4. The van der Waals surface area contributed by atoms with Crippen molar-refractivity contribution in [2.45, 2.75) is 135 Å². The lowest BCUT2D eigenvalue weighted by atomic mass is 10.1. The molecule has 0 atom stereocenters. The van der Waals surface area contributed by atoms with Gasteiger partial charge in [-0.25, -0.2) is 0 Å². The van der Waals surface area contributed by atoms with Crippen molar-refractivity contribution in [2.75, 3.05) is 6.54 Å². The second kappa shape index (κ2) is 25.1. The minimum atomic E-state index is 0.843. The van der Waals surface area contributed by atoms with Crippen LogP contribution >= 0.6 is 0 Å². The van der Waals surface area contributed by atoms with Crippen molar-refractivity contribution in [2.24, 2.45) is 5.73 Å². The van der Waals surface area contributed by atoms with Crippen LogP contribution in [0.25, 0.3) is 0 Å². The Kier molecular flexibility index (Phi) is 24.2. The Morgan fingerprint density at radius 2 is 0.778 bits per heavy atom. The van der Waals surface area contributed by atoms with Crippen LogP contribution in [-0.4, -0.2) is 6.54 Å². The number of hydrogen-bond donors (Lipinski definition) is 1. The second-order valence-corrected chi connectivity index (χ2v) is 7.90. The summed E-state index contributed by atoms with van der Waals surface area (Å²) in [4.78, 5) is 0. The first-order chi connectivity index (χ1) is 13.4. The van der Waals surface area contributed by atoms with E-state index in [1.807, 2.05) is 0 Å². The quantitative estimate of drug-likeness (QED) is 0.181. The van der Waals surface area contributed by atoms with Crippen molar-refractivity contribution in [1.82, 2.24) is 0 Å². The van der Waals surface area contributed by atoms with Crippen LogP contribution in [0.4, 0.5) is 0 Å². The fourth-order valence-corrected chi connectivity index (χ4v) is 3.33. The largest absolute Gasteiger partial charge is 0.330 e. The molecule has 0 aliphatic carbocycles. The predicted molar refractivity (Wildman–Crippen MR) is 123 cm³/mol. The maximum absolute atomic E-state index is 5.49. The monoisotopic (exact) mass is 373 g/mol. The first-order valence-electron chi connectivity index (χ1n) is 12.1. The van der Waals surface area contributed by atoms with Crippen LogP contribution in [0.3, 0.4) is 0 Å². The van der Waals surface area contributed by atoms with E-state index in [1.165, 1.54) is 116 Å². The van der Waals surface area contributed by atoms with E-state index < -0.39 is 0 Å². The third-order valence-electron chi connectivity index (χ3n) is 5.15. The molecular weight excluding hydrogens is 326 g/mol. The highest BCUT2D eigenvalue weighted by molar-refractivity contribution is 5.25. The van der Waals surface area contributed by atoms with Gasteiger partial charge in [-0.3, -0.25) is 0 Å². The molecule has 0 rings (SSSR count). The highest BCUT2D eigenvalue weighted by Crippen LogP contribution is 2.11. The topological polar surface area (TPSA) is 26.0 Å². The molecule has 156 valence electrons. The Labute approximate surface area is 171 Å². The van der Waals surface area contributed by atoms with E-state index in [1.54, 1.807) is 0 Å². The van der Waals surface area contributed by atoms with Gasteiger partial charge in [0.05, 0.1) is 0 Å². The standard InChI is InChI=1S/C26H47N/c1-2-3-4-5-6-7-8-9-10-11-12-13-14-15-16-17-18-19-20-21-22-23-24-25-26-27/h2-13,18-27H2,1H3. The molecule has 0 bridgehead atoms. The van der Waals surface area contributed by atoms with E-state index in [0.717, 1.165) is 19.4 Å². The molecule has 27 heavy (non-hydrogen) atoms. The van der Waals surface area contributed by atoms with Crippen LogP contribution in [0, 0.1) is 23.7 Å². The normalized spacial score (nSPS) is 10.1. The summed E-state index contributed by atoms with van der Waals surface area (Å²) in [5.74, 6) is 12.5. The van der Waals surface area contributed by atoms with Gasteiger partial charge >= 0.3 is 0 Å². The lowest BCUT2D eigenvalue weighted by molar-refractivity contribution is 0.551. The molecule has 0 aliphatic rings. The van der Waals surface area contributed by atoms with Crippen molar-refractivity contribution in [3.8, 4) is 23.7 Å². The van der Waals surface area contributed by atoms with Gasteiger partial charge in [-0.2, -0.15) is 0 Å². The second-order valence-electron chi connectivity index (χ2n) is 7.90. The summed E-state index contributed by atoms with van der Waals surface area (Å²) >= 11 is 0. The van der Waals surface area contributed by atoms with Crippen molar-refractivity contribution < 1.29 is 0 Å². The highest BCUT2D eigenvalue weighted by atomic mass is 14.5. The number of rotatable bonds is 19. The zero-order chi connectivity index (χ0) is 19.7. The molecule has 0 aromatic carbocycles.